The Bertz CT molecular complexity index is 1100. The molecular weight excluding hydrogens is 372 g/mol. The van der Waals surface area contributed by atoms with Crippen LogP contribution >= 0.6 is 0 Å². The molecule has 1 aromatic heterocycles. The number of carboxylic acid groups (broad SMARTS) is 1. The van der Waals surface area contributed by atoms with Crippen molar-refractivity contribution in [2.24, 2.45) is 0 Å². The van der Waals surface area contributed by atoms with Crippen LogP contribution in [-0.4, -0.2) is 51.8 Å². The molecule has 29 heavy (non-hydrogen) atoms. The number of rotatable bonds is 5. The summed E-state index contributed by atoms with van der Waals surface area (Å²) >= 11 is 0. The summed E-state index contributed by atoms with van der Waals surface area (Å²) < 4.78 is 6.70. The number of carbonyl (C=O) groups is 1. The average Bonchev–Trinajstić information content (AvgIpc) is 2.75. The molecule has 0 radical (unpaired) electrons. The Balaban J connectivity index is 2.11. The van der Waals surface area contributed by atoms with Gasteiger partial charge in [0.1, 0.15) is 6.07 Å². The van der Waals surface area contributed by atoms with Gasteiger partial charge in [0.25, 0.3) is 5.56 Å². The minimum Gasteiger partial charge on any atom is -0.478 e. The van der Waals surface area contributed by atoms with Crippen LogP contribution in [0.3, 0.4) is 0 Å². The maximum Gasteiger partial charge on any atom is 0.331 e. The lowest BCUT2D eigenvalue weighted by Crippen LogP contribution is -2.35. The van der Waals surface area contributed by atoms with E-state index in [9.17, 15) is 20.0 Å². The second kappa shape index (κ2) is 8.71. The third-order valence-electron chi connectivity index (χ3n) is 5.09. The van der Waals surface area contributed by atoms with E-state index in [1.807, 2.05) is 4.90 Å². The second-order valence-electron chi connectivity index (χ2n) is 6.78. The molecule has 0 aliphatic carbocycles. The fraction of sp³-hybridized carbons (Fsp3) is 0.333. The Morgan fingerprint density at radius 1 is 1.28 bits per heavy atom. The van der Waals surface area contributed by atoms with E-state index in [4.69, 9.17) is 4.74 Å². The van der Waals surface area contributed by atoms with Gasteiger partial charge in [-0.05, 0) is 26.0 Å². The largest absolute Gasteiger partial charge is 0.478 e. The molecule has 2 heterocycles. The fourth-order valence-corrected chi connectivity index (χ4v) is 3.33. The standard InChI is InChI=1S/C21H22N4O4/c1-14(21(27)28)18(17(11-22)15(2)24-7-9-29-10-8-24)12-25-13-23-19-6-4-3-5-16(19)20(25)26/h3-6,13H,7-10,12H2,1-2H3,(H,27,28)/b17-15+,18-14+. The predicted molar refractivity (Wildman–Crippen MR) is 107 cm³/mol. The summed E-state index contributed by atoms with van der Waals surface area (Å²) in [4.78, 5) is 30.9. The first kappa shape index (κ1) is 20.3. The Labute approximate surface area is 168 Å². The van der Waals surface area contributed by atoms with Crippen LogP contribution in [0.15, 0.2) is 57.8 Å². The van der Waals surface area contributed by atoms with E-state index in [2.05, 4.69) is 11.1 Å². The molecule has 0 spiro atoms. The lowest BCUT2D eigenvalue weighted by molar-refractivity contribution is -0.132. The van der Waals surface area contributed by atoms with Gasteiger partial charge in [0.2, 0.25) is 0 Å². The van der Waals surface area contributed by atoms with Crippen molar-refractivity contribution < 1.29 is 14.6 Å². The van der Waals surface area contributed by atoms with Crippen LogP contribution in [0.25, 0.3) is 10.9 Å². The smallest absolute Gasteiger partial charge is 0.331 e. The molecule has 0 amide bonds. The number of nitrogens with zero attached hydrogens (tertiary/aromatic N) is 4. The fourth-order valence-electron chi connectivity index (χ4n) is 3.33. The van der Waals surface area contributed by atoms with Crippen LogP contribution in [0.4, 0.5) is 0 Å². The zero-order valence-electron chi connectivity index (χ0n) is 16.4. The minimum absolute atomic E-state index is 0.0224. The van der Waals surface area contributed by atoms with Crippen LogP contribution < -0.4 is 5.56 Å². The highest BCUT2D eigenvalue weighted by molar-refractivity contribution is 5.88. The summed E-state index contributed by atoms with van der Waals surface area (Å²) in [5, 5.41) is 19.9. The predicted octanol–water partition coefficient (Wildman–Crippen LogP) is 1.93. The lowest BCUT2D eigenvalue weighted by Gasteiger charge is -2.30. The highest BCUT2D eigenvalue weighted by Crippen LogP contribution is 2.23. The summed E-state index contributed by atoms with van der Waals surface area (Å²) in [5.41, 5.74) is 1.53. The van der Waals surface area contributed by atoms with Gasteiger partial charge in [-0.15, -0.1) is 0 Å². The van der Waals surface area contributed by atoms with E-state index in [1.165, 1.54) is 17.8 Å². The maximum absolute atomic E-state index is 12.9. The average molecular weight is 394 g/mol. The van der Waals surface area contributed by atoms with Gasteiger partial charge in [-0.3, -0.25) is 9.36 Å². The van der Waals surface area contributed by atoms with Crippen molar-refractivity contribution in [3.05, 3.63) is 63.4 Å². The van der Waals surface area contributed by atoms with Gasteiger partial charge in [0.05, 0.1) is 42.6 Å². The zero-order valence-corrected chi connectivity index (χ0v) is 16.4. The first-order valence-electron chi connectivity index (χ1n) is 9.25. The molecule has 2 aromatic rings. The third kappa shape index (κ3) is 4.20. The molecule has 3 rings (SSSR count). The van der Waals surface area contributed by atoms with Crippen molar-refractivity contribution in [1.82, 2.24) is 14.5 Å². The molecule has 8 heteroatoms. The third-order valence-corrected chi connectivity index (χ3v) is 5.09. The molecule has 0 saturated carbocycles. The molecule has 150 valence electrons. The van der Waals surface area contributed by atoms with Crippen molar-refractivity contribution in [2.45, 2.75) is 20.4 Å². The van der Waals surface area contributed by atoms with E-state index in [0.29, 0.717) is 48.5 Å². The van der Waals surface area contributed by atoms with Gasteiger partial charge < -0.3 is 14.7 Å². The van der Waals surface area contributed by atoms with E-state index < -0.39 is 5.97 Å². The Morgan fingerprint density at radius 3 is 2.62 bits per heavy atom. The molecule has 1 aliphatic heterocycles. The van der Waals surface area contributed by atoms with E-state index in [1.54, 1.807) is 31.2 Å². The van der Waals surface area contributed by atoms with E-state index >= 15 is 0 Å². The van der Waals surface area contributed by atoms with E-state index in [-0.39, 0.29) is 23.3 Å². The van der Waals surface area contributed by atoms with Gasteiger partial charge in [-0.1, -0.05) is 12.1 Å². The molecule has 1 aromatic carbocycles. The first-order valence-corrected chi connectivity index (χ1v) is 9.25. The summed E-state index contributed by atoms with van der Waals surface area (Å²) in [6.07, 6.45) is 1.39. The number of benzene rings is 1. The summed E-state index contributed by atoms with van der Waals surface area (Å²) in [6.45, 7) is 5.50. The quantitative estimate of drug-likeness (QED) is 0.469. The molecule has 0 atom stereocenters. The SMILES string of the molecule is C/C(C(=O)O)=C(Cn1cnc2ccccc2c1=O)\C(C#N)=C(/C)N1CCOCC1. The minimum atomic E-state index is -1.13. The number of allylic oxidation sites excluding steroid dienone is 3. The Morgan fingerprint density at radius 2 is 1.97 bits per heavy atom. The molecule has 0 unspecified atom stereocenters. The number of morpholine rings is 1. The number of ether oxygens (including phenoxy) is 1. The first-order chi connectivity index (χ1) is 13.9. The molecule has 1 fully saturated rings. The molecular formula is C21H22N4O4. The number of fused-ring (bicyclic) bond motifs is 1. The molecule has 1 aliphatic rings. The van der Waals surface area contributed by atoms with Crippen LogP contribution in [0.1, 0.15) is 13.8 Å². The van der Waals surface area contributed by atoms with Crippen molar-refractivity contribution in [2.75, 3.05) is 26.3 Å². The van der Waals surface area contributed by atoms with Crippen molar-refractivity contribution in [3.63, 3.8) is 0 Å². The monoisotopic (exact) mass is 394 g/mol. The molecule has 1 N–H and O–H groups in total. The van der Waals surface area contributed by atoms with Crippen molar-refractivity contribution in [1.29, 1.82) is 5.26 Å². The van der Waals surface area contributed by atoms with Crippen LogP contribution in [0.2, 0.25) is 0 Å². The second-order valence-corrected chi connectivity index (χ2v) is 6.78. The normalized spacial score (nSPS) is 16.1. The topological polar surface area (TPSA) is 108 Å². The summed E-state index contributed by atoms with van der Waals surface area (Å²) in [6, 6.07) is 9.11. The summed E-state index contributed by atoms with van der Waals surface area (Å²) in [5.74, 6) is -1.13. The number of hydrogen-bond donors (Lipinski definition) is 1. The van der Waals surface area contributed by atoms with Crippen LogP contribution in [-0.2, 0) is 16.1 Å². The molecule has 8 nitrogen and oxygen atoms in total. The Kier molecular flexibility index (Phi) is 6.10. The van der Waals surface area contributed by atoms with Gasteiger partial charge in [-0.25, -0.2) is 9.78 Å². The lowest BCUT2D eigenvalue weighted by atomic mass is 9.99. The maximum atomic E-state index is 12.9. The van der Waals surface area contributed by atoms with Crippen LogP contribution in [0.5, 0.6) is 0 Å². The number of aliphatic carboxylic acids is 1. The number of carboxylic acids is 1. The van der Waals surface area contributed by atoms with Gasteiger partial charge in [0.15, 0.2) is 0 Å². The van der Waals surface area contributed by atoms with Gasteiger partial charge >= 0.3 is 5.97 Å². The highest BCUT2D eigenvalue weighted by atomic mass is 16.5. The zero-order chi connectivity index (χ0) is 21.0. The van der Waals surface area contributed by atoms with Crippen LogP contribution in [0, 0.1) is 11.3 Å². The summed E-state index contributed by atoms with van der Waals surface area (Å²) in [7, 11) is 0. The van der Waals surface area contributed by atoms with E-state index in [0.717, 1.165) is 0 Å². The van der Waals surface area contributed by atoms with Crippen molar-refractivity contribution in [3.8, 4) is 6.07 Å². The number of para-hydroxylation sites is 1. The number of hydrogen-bond acceptors (Lipinski definition) is 6. The Hall–Kier alpha value is -3.44. The number of nitriles is 1. The van der Waals surface area contributed by atoms with Crippen molar-refractivity contribution >= 4 is 16.9 Å². The molecule has 1 saturated heterocycles. The van der Waals surface area contributed by atoms with Gasteiger partial charge in [0, 0.05) is 29.9 Å². The van der Waals surface area contributed by atoms with Gasteiger partial charge in [-0.2, -0.15) is 5.26 Å². The molecule has 0 bridgehead atoms. The highest BCUT2D eigenvalue weighted by Gasteiger charge is 2.21. The number of aromatic nitrogens is 2.